The maximum atomic E-state index is 11.7. The standard InChI is InChI=1S/C14H27NO5/c1-8-9(19-13(2,3)4)10(11(16)17)15-12(18)20-14(5,6)7/h9-10H,8H2,1-7H3,(H,15,18)(H,16,17)/t9?,10-/m0/s1. The molecule has 0 saturated carbocycles. The van der Waals surface area contributed by atoms with E-state index in [0.717, 1.165) is 0 Å². The van der Waals surface area contributed by atoms with Crippen LogP contribution in [0.4, 0.5) is 4.79 Å². The Morgan fingerprint density at radius 1 is 1.10 bits per heavy atom. The highest BCUT2D eigenvalue weighted by Crippen LogP contribution is 2.17. The molecule has 2 atom stereocenters. The van der Waals surface area contributed by atoms with Gasteiger partial charge in [-0.3, -0.25) is 0 Å². The van der Waals surface area contributed by atoms with Crippen molar-refractivity contribution in [2.24, 2.45) is 0 Å². The number of rotatable bonds is 5. The first kappa shape index (κ1) is 18.7. The fraction of sp³-hybridized carbons (Fsp3) is 0.857. The van der Waals surface area contributed by atoms with Crippen molar-refractivity contribution in [3.63, 3.8) is 0 Å². The number of carbonyl (C=O) groups is 2. The van der Waals surface area contributed by atoms with E-state index in [1.54, 1.807) is 20.8 Å². The number of hydrogen-bond acceptors (Lipinski definition) is 4. The van der Waals surface area contributed by atoms with Crippen LogP contribution in [0.2, 0.25) is 0 Å². The predicted molar refractivity (Wildman–Crippen MR) is 75.7 cm³/mol. The van der Waals surface area contributed by atoms with Crippen LogP contribution >= 0.6 is 0 Å². The summed E-state index contributed by atoms with van der Waals surface area (Å²) >= 11 is 0. The predicted octanol–water partition coefficient (Wildman–Crippen LogP) is 2.56. The highest BCUT2D eigenvalue weighted by Gasteiger charge is 2.33. The lowest BCUT2D eigenvalue weighted by atomic mass is 10.1. The van der Waals surface area contributed by atoms with E-state index in [4.69, 9.17) is 9.47 Å². The zero-order chi connectivity index (χ0) is 16.1. The Kier molecular flexibility index (Phi) is 6.47. The molecule has 1 amide bonds. The summed E-state index contributed by atoms with van der Waals surface area (Å²) < 4.78 is 10.8. The van der Waals surface area contributed by atoms with Gasteiger partial charge in [-0.15, -0.1) is 0 Å². The summed E-state index contributed by atoms with van der Waals surface area (Å²) in [6.45, 7) is 12.5. The average molecular weight is 289 g/mol. The van der Waals surface area contributed by atoms with E-state index < -0.39 is 35.4 Å². The highest BCUT2D eigenvalue weighted by atomic mass is 16.6. The van der Waals surface area contributed by atoms with Crippen LogP contribution in [0.5, 0.6) is 0 Å². The summed E-state index contributed by atoms with van der Waals surface area (Å²) in [5.74, 6) is -1.15. The lowest BCUT2D eigenvalue weighted by molar-refractivity contribution is -0.148. The SMILES string of the molecule is CCC(OC(C)(C)C)[C@H](NC(=O)OC(C)(C)C)C(=O)O. The van der Waals surface area contributed by atoms with Crippen LogP contribution in [-0.4, -0.2) is 40.5 Å². The van der Waals surface area contributed by atoms with Gasteiger partial charge in [-0.1, -0.05) is 6.92 Å². The molecule has 0 rings (SSSR count). The lowest BCUT2D eigenvalue weighted by Crippen LogP contribution is -2.52. The molecule has 0 aliphatic rings. The number of carboxylic acid groups (broad SMARTS) is 1. The molecular weight excluding hydrogens is 262 g/mol. The third-order valence-corrected chi connectivity index (χ3v) is 2.22. The number of aliphatic carboxylic acids is 1. The number of ether oxygens (including phenoxy) is 2. The third kappa shape index (κ3) is 7.99. The molecule has 0 radical (unpaired) electrons. The summed E-state index contributed by atoms with van der Waals surface area (Å²) in [7, 11) is 0. The molecule has 0 aromatic heterocycles. The maximum Gasteiger partial charge on any atom is 0.408 e. The Morgan fingerprint density at radius 3 is 1.90 bits per heavy atom. The van der Waals surface area contributed by atoms with Crippen molar-refractivity contribution in [1.82, 2.24) is 5.32 Å². The van der Waals surface area contributed by atoms with Crippen molar-refractivity contribution in [2.45, 2.75) is 78.2 Å². The van der Waals surface area contributed by atoms with Crippen molar-refractivity contribution in [2.75, 3.05) is 0 Å². The highest BCUT2D eigenvalue weighted by molar-refractivity contribution is 5.80. The van der Waals surface area contributed by atoms with Crippen molar-refractivity contribution in [1.29, 1.82) is 0 Å². The number of carbonyl (C=O) groups excluding carboxylic acids is 1. The minimum Gasteiger partial charge on any atom is -0.480 e. The van der Waals surface area contributed by atoms with Crippen LogP contribution in [0, 0.1) is 0 Å². The van der Waals surface area contributed by atoms with E-state index in [0.29, 0.717) is 6.42 Å². The number of hydrogen-bond donors (Lipinski definition) is 2. The van der Waals surface area contributed by atoms with Gasteiger partial charge in [0.1, 0.15) is 5.60 Å². The minimum atomic E-state index is -1.15. The Hall–Kier alpha value is -1.30. The van der Waals surface area contributed by atoms with Gasteiger partial charge >= 0.3 is 12.1 Å². The molecule has 0 bridgehead atoms. The average Bonchev–Trinajstić information content (AvgIpc) is 2.18. The third-order valence-electron chi connectivity index (χ3n) is 2.22. The monoisotopic (exact) mass is 289 g/mol. The van der Waals surface area contributed by atoms with Crippen LogP contribution in [0.25, 0.3) is 0 Å². The van der Waals surface area contributed by atoms with Crippen LogP contribution < -0.4 is 5.32 Å². The second-order valence-electron chi connectivity index (χ2n) is 6.64. The molecule has 118 valence electrons. The molecule has 0 aliphatic heterocycles. The molecule has 0 fully saturated rings. The van der Waals surface area contributed by atoms with Crippen LogP contribution in [0.15, 0.2) is 0 Å². The first-order valence-corrected chi connectivity index (χ1v) is 6.76. The quantitative estimate of drug-likeness (QED) is 0.812. The van der Waals surface area contributed by atoms with Gasteiger partial charge in [-0.05, 0) is 48.0 Å². The van der Waals surface area contributed by atoms with Gasteiger partial charge in [0.05, 0.1) is 11.7 Å². The Labute approximate surface area is 120 Å². The molecule has 0 aliphatic carbocycles. The minimum absolute atomic E-state index is 0.462. The van der Waals surface area contributed by atoms with Crippen LogP contribution in [-0.2, 0) is 14.3 Å². The maximum absolute atomic E-state index is 11.7. The summed E-state index contributed by atoms with van der Waals surface area (Å²) in [6.07, 6.45) is -0.926. The summed E-state index contributed by atoms with van der Waals surface area (Å²) in [6, 6.07) is -1.14. The van der Waals surface area contributed by atoms with Gasteiger partial charge in [-0.2, -0.15) is 0 Å². The fourth-order valence-corrected chi connectivity index (χ4v) is 1.59. The zero-order valence-electron chi connectivity index (χ0n) is 13.4. The van der Waals surface area contributed by atoms with Crippen LogP contribution in [0.3, 0.4) is 0 Å². The largest absolute Gasteiger partial charge is 0.480 e. The van der Waals surface area contributed by atoms with E-state index in [1.807, 2.05) is 27.7 Å². The van der Waals surface area contributed by atoms with Gasteiger partial charge in [-0.25, -0.2) is 9.59 Å². The summed E-state index contributed by atoms with van der Waals surface area (Å²) in [5, 5.41) is 11.6. The first-order chi connectivity index (χ1) is 8.85. The van der Waals surface area contributed by atoms with Gasteiger partial charge in [0.15, 0.2) is 6.04 Å². The van der Waals surface area contributed by atoms with Gasteiger partial charge in [0.25, 0.3) is 0 Å². The summed E-state index contributed by atoms with van der Waals surface area (Å²) in [5.41, 5.74) is -1.18. The molecule has 0 heterocycles. The molecule has 2 N–H and O–H groups in total. The lowest BCUT2D eigenvalue weighted by Gasteiger charge is -2.31. The van der Waals surface area contributed by atoms with E-state index in [2.05, 4.69) is 5.32 Å². The summed E-state index contributed by atoms with van der Waals surface area (Å²) in [4.78, 5) is 23.0. The van der Waals surface area contributed by atoms with Crippen molar-refractivity contribution in [3.8, 4) is 0 Å². The van der Waals surface area contributed by atoms with Gasteiger partial charge < -0.3 is 19.9 Å². The molecule has 6 heteroatoms. The van der Waals surface area contributed by atoms with E-state index in [9.17, 15) is 14.7 Å². The van der Waals surface area contributed by atoms with E-state index in [-0.39, 0.29) is 0 Å². The van der Waals surface area contributed by atoms with Crippen molar-refractivity contribution < 1.29 is 24.2 Å². The molecule has 20 heavy (non-hydrogen) atoms. The fourth-order valence-electron chi connectivity index (χ4n) is 1.59. The molecule has 0 spiro atoms. The Bertz CT molecular complexity index is 340. The zero-order valence-corrected chi connectivity index (χ0v) is 13.4. The van der Waals surface area contributed by atoms with Gasteiger partial charge in [0, 0.05) is 0 Å². The Balaban J connectivity index is 4.87. The van der Waals surface area contributed by atoms with E-state index >= 15 is 0 Å². The second kappa shape index (κ2) is 6.92. The normalized spacial score (nSPS) is 15.3. The number of alkyl carbamates (subject to hydrolysis) is 1. The first-order valence-electron chi connectivity index (χ1n) is 6.76. The molecular formula is C14H27NO5. The number of amides is 1. The van der Waals surface area contributed by atoms with Crippen molar-refractivity contribution in [3.05, 3.63) is 0 Å². The topological polar surface area (TPSA) is 84.9 Å². The van der Waals surface area contributed by atoms with Crippen molar-refractivity contribution >= 4 is 12.1 Å². The molecule has 0 aromatic rings. The smallest absolute Gasteiger partial charge is 0.408 e. The molecule has 0 aromatic carbocycles. The van der Waals surface area contributed by atoms with Gasteiger partial charge in [0.2, 0.25) is 0 Å². The molecule has 1 unspecified atom stereocenters. The molecule has 0 saturated heterocycles. The van der Waals surface area contributed by atoms with E-state index in [1.165, 1.54) is 0 Å². The second-order valence-corrected chi connectivity index (χ2v) is 6.64. The van der Waals surface area contributed by atoms with Crippen LogP contribution in [0.1, 0.15) is 54.9 Å². The Morgan fingerprint density at radius 2 is 1.60 bits per heavy atom. The number of carboxylic acids is 1. The molecule has 6 nitrogen and oxygen atoms in total. The number of nitrogens with one attached hydrogen (secondary N) is 1.